The van der Waals surface area contributed by atoms with E-state index in [1.165, 1.54) is 37.0 Å². The summed E-state index contributed by atoms with van der Waals surface area (Å²) in [6, 6.07) is 13.9. The fourth-order valence-electron chi connectivity index (χ4n) is 4.51. The summed E-state index contributed by atoms with van der Waals surface area (Å²) in [5, 5.41) is 1.44. The molecule has 2 aliphatic rings. The molecule has 2 aromatic carbocycles. The van der Waals surface area contributed by atoms with Crippen LogP contribution in [0.1, 0.15) is 56.9 Å². The van der Waals surface area contributed by atoms with Crippen molar-refractivity contribution in [2.24, 2.45) is 4.99 Å². The number of halogens is 1. The van der Waals surface area contributed by atoms with E-state index in [1.54, 1.807) is 6.07 Å². The zero-order valence-electron chi connectivity index (χ0n) is 23.7. The number of nitrogens with zero attached hydrogens (tertiary/aromatic N) is 2. The maximum Gasteiger partial charge on any atom is 1.00 e. The Morgan fingerprint density at radius 2 is 1.43 bits per heavy atom. The summed E-state index contributed by atoms with van der Waals surface area (Å²) >= 11 is 4.95. The van der Waals surface area contributed by atoms with E-state index in [1.807, 2.05) is 30.3 Å². The van der Waals surface area contributed by atoms with Gasteiger partial charge in [-0.25, -0.2) is 26.8 Å². The van der Waals surface area contributed by atoms with Crippen molar-refractivity contribution in [1.82, 2.24) is 4.98 Å². The molecular formula is C28H29BrN2Na2O6S3. The van der Waals surface area contributed by atoms with Crippen LogP contribution in [0.4, 0.5) is 5.69 Å². The molecule has 0 unspecified atom stereocenters. The molecule has 214 valence electrons. The molecule has 0 bridgehead atoms. The molecule has 14 heteroatoms. The van der Waals surface area contributed by atoms with Gasteiger partial charge in [-0.15, -0.1) is 11.3 Å². The van der Waals surface area contributed by atoms with Gasteiger partial charge in [-0.1, -0.05) is 66.6 Å². The maximum atomic E-state index is 12.0. The van der Waals surface area contributed by atoms with Gasteiger partial charge < -0.3 is 9.11 Å². The monoisotopic (exact) mass is 710 g/mol. The predicted molar refractivity (Wildman–Crippen MR) is 158 cm³/mol. The van der Waals surface area contributed by atoms with E-state index in [0.29, 0.717) is 11.8 Å². The molecule has 2 aromatic rings. The average molecular weight is 712 g/mol. The smallest absolute Gasteiger partial charge is 0.744 e. The number of hydrogen-bond donors (Lipinski definition) is 0. The second kappa shape index (κ2) is 17.5. The van der Waals surface area contributed by atoms with E-state index in [0.717, 1.165) is 75.6 Å². The first-order valence-corrected chi connectivity index (χ1v) is 17.8. The standard InChI is InChI=1S/C28H31BrN2O6S3.2Na/c29-16-10-6-4-2-1-3-5-7-11-20-17-24-27(38-26-13-9-8-12-22(26)30-24)19-23(20)31-25-18-21(39(32,33)34)14-15-28(25)40(35,36)37;;/h8-9,12-15,17-19H,1-7,10-11,16H2,(H,32,33,34)(H,35,36,37);;/q;2*+1/p-2. The molecule has 8 nitrogen and oxygen atoms in total. The minimum absolute atomic E-state index is 0. The minimum atomic E-state index is -4.99. The van der Waals surface area contributed by atoms with Crippen molar-refractivity contribution >= 4 is 63.4 Å². The third-order valence-electron chi connectivity index (χ3n) is 6.55. The van der Waals surface area contributed by atoms with Gasteiger partial charge >= 0.3 is 59.1 Å². The summed E-state index contributed by atoms with van der Waals surface area (Å²) in [4.78, 5) is 8.69. The molecule has 42 heavy (non-hydrogen) atoms. The van der Waals surface area contributed by atoms with Crippen molar-refractivity contribution in [3.8, 4) is 10.6 Å². The summed E-state index contributed by atoms with van der Waals surface area (Å²) in [6.45, 7) is 0. The summed E-state index contributed by atoms with van der Waals surface area (Å²) in [7, 11) is -9.89. The number of para-hydroxylation sites is 1. The molecule has 0 N–H and O–H groups in total. The first-order chi connectivity index (χ1) is 19.1. The number of fused-ring (bicyclic) bond motifs is 2. The van der Waals surface area contributed by atoms with Gasteiger partial charge in [0.2, 0.25) is 0 Å². The molecule has 1 aliphatic heterocycles. The molecule has 0 radical (unpaired) electrons. The van der Waals surface area contributed by atoms with Gasteiger partial charge in [-0.2, -0.15) is 0 Å². The van der Waals surface area contributed by atoms with Crippen LogP contribution < -0.4 is 64.5 Å². The van der Waals surface area contributed by atoms with Crippen LogP contribution in [-0.4, -0.2) is 36.3 Å². The number of aromatic nitrogens is 1. The van der Waals surface area contributed by atoms with Crippen molar-refractivity contribution in [3.05, 3.63) is 65.5 Å². The molecule has 0 saturated carbocycles. The summed E-state index contributed by atoms with van der Waals surface area (Å²) < 4.78 is 71.7. The van der Waals surface area contributed by atoms with E-state index in [-0.39, 0.29) is 64.8 Å². The number of aryl methyl sites for hydroxylation is 1. The molecule has 0 atom stereocenters. The normalized spacial score (nSPS) is 12.3. The van der Waals surface area contributed by atoms with Gasteiger partial charge in [-0.3, -0.25) is 0 Å². The van der Waals surface area contributed by atoms with Crippen molar-refractivity contribution in [3.63, 3.8) is 0 Å². The van der Waals surface area contributed by atoms with Crippen LogP contribution in [-0.2, 0) is 26.7 Å². The predicted octanol–water partition coefficient (Wildman–Crippen LogP) is 0.508. The van der Waals surface area contributed by atoms with E-state index in [9.17, 15) is 25.9 Å². The van der Waals surface area contributed by atoms with Gasteiger partial charge in [0.15, 0.2) is 0 Å². The van der Waals surface area contributed by atoms with Crippen LogP contribution in [0.3, 0.4) is 0 Å². The molecular weight excluding hydrogens is 682 g/mol. The Morgan fingerprint density at radius 3 is 2.07 bits per heavy atom. The van der Waals surface area contributed by atoms with E-state index < -0.39 is 30.0 Å². The summed E-state index contributed by atoms with van der Waals surface area (Å²) in [5.74, 6) is 0. The van der Waals surface area contributed by atoms with Gasteiger partial charge in [0, 0.05) is 5.33 Å². The Balaban J connectivity index is 0.00000308. The summed E-state index contributed by atoms with van der Waals surface area (Å²) in [5.41, 5.74) is 2.03. The van der Waals surface area contributed by atoms with Crippen molar-refractivity contribution < 1.29 is 85.1 Å². The Labute approximate surface area is 304 Å². The zero-order valence-corrected chi connectivity index (χ0v) is 31.7. The van der Waals surface area contributed by atoms with E-state index >= 15 is 0 Å². The molecule has 0 spiro atoms. The first kappa shape index (κ1) is 38.0. The Kier molecular flexibility index (Phi) is 15.8. The quantitative estimate of drug-likeness (QED) is 0.0648. The van der Waals surface area contributed by atoms with E-state index in [4.69, 9.17) is 4.98 Å². The molecule has 1 aliphatic carbocycles. The van der Waals surface area contributed by atoms with Gasteiger partial charge in [0.05, 0.1) is 41.6 Å². The van der Waals surface area contributed by atoms with Gasteiger partial charge in [0.25, 0.3) is 0 Å². The topological polar surface area (TPSA) is 140 Å². The largest absolute Gasteiger partial charge is 1.00 e. The van der Waals surface area contributed by atoms with E-state index in [2.05, 4.69) is 20.9 Å². The maximum absolute atomic E-state index is 12.0. The summed E-state index contributed by atoms with van der Waals surface area (Å²) in [6.07, 6.45) is 9.62. The third kappa shape index (κ3) is 10.7. The first-order valence-electron chi connectivity index (χ1n) is 13.1. The van der Waals surface area contributed by atoms with Crippen LogP contribution in [0.25, 0.3) is 20.8 Å². The Bertz CT molecular complexity index is 1750. The number of hydrogen-bond acceptors (Lipinski definition) is 9. The molecule has 0 saturated heterocycles. The number of rotatable bonds is 13. The number of alkyl halides is 1. The van der Waals surface area contributed by atoms with Crippen LogP contribution in [0.5, 0.6) is 0 Å². The van der Waals surface area contributed by atoms with Crippen LogP contribution in [0, 0.1) is 0 Å². The molecule has 1 heterocycles. The third-order valence-corrected chi connectivity index (χ3v) is 9.93. The van der Waals surface area contributed by atoms with Gasteiger partial charge in [0.1, 0.15) is 20.2 Å². The SMILES string of the molecule is O=S(=O)([O-])c1ccc(S(=O)(=O)[O-])c(N=c2cc3sc4ccccc4nc-3cc2CCCCCCCCCCBr)c1.[Na+].[Na+]. The van der Waals surface area contributed by atoms with Crippen molar-refractivity contribution in [1.29, 1.82) is 0 Å². The number of benzene rings is 3. The molecule has 0 aromatic heterocycles. The van der Waals surface area contributed by atoms with Crippen LogP contribution >= 0.6 is 27.3 Å². The fourth-order valence-corrected chi connectivity index (χ4v) is 6.97. The van der Waals surface area contributed by atoms with Crippen LogP contribution in [0.15, 0.2) is 69.4 Å². The number of unbranched alkanes of at least 4 members (excludes halogenated alkanes) is 7. The van der Waals surface area contributed by atoms with Crippen molar-refractivity contribution in [2.45, 2.75) is 67.6 Å². The second-order valence-corrected chi connectivity index (χ2v) is 14.2. The van der Waals surface area contributed by atoms with Gasteiger partial charge in [-0.05, 0) is 67.3 Å². The molecule has 0 amide bonds. The molecule has 0 fully saturated rings. The fraction of sp³-hybridized carbons (Fsp3) is 0.357. The zero-order chi connectivity index (χ0) is 28.8. The van der Waals surface area contributed by atoms with Crippen molar-refractivity contribution in [2.75, 3.05) is 5.33 Å². The average Bonchev–Trinajstić information content (AvgIpc) is 2.90. The van der Waals surface area contributed by atoms with Crippen LogP contribution in [0.2, 0.25) is 0 Å². The Hall–Kier alpha value is -0.220. The minimum Gasteiger partial charge on any atom is -0.744 e. The molecule has 4 rings (SSSR count). The second-order valence-electron chi connectivity index (χ2n) is 9.55. The Morgan fingerprint density at radius 1 is 0.786 bits per heavy atom.